The summed E-state index contributed by atoms with van der Waals surface area (Å²) in [4.78, 5) is 0. The highest BCUT2D eigenvalue weighted by molar-refractivity contribution is 4.69. The Kier molecular flexibility index (Phi) is 5.51. The third kappa shape index (κ3) is 4.67. The molecule has 0 aliphatic carbocycles. The van der Waals surface area contributed by atoms with E-state index in [1.165, 1.54) is 0 Å². The fourth-order valence-corrected chi connectivity index (χ4v) is 1.58. The lowest BCUT2D eigenvalue weighted by Gasteiger charge is -2.24. The standard InChI is InChI=1S/C10H18F3NO2/c11-10(12,13)8(5-14)6-15-7-9-3-1-2-4-16-9/h8-9H,1-7,14H2. The van der Waals surface area contributed by atoms with Crippen molar-refractivity contribution in [3.05, 3.63) is 0 Å². The number of hydrogen-bond acceptors (Lipinski definition) is 3. The second-order valence-electron chi connectivity index (χ2n) is 4.00. The van der Waals surface area contributed by atoms with Gasteiger partial charge < -0.3 is 15.2 Å². The molecule has 2 unspecified atom stereocenters. The molecule has 16 heavy (non-hydrogen) atoms. The molecule has 1 rings (SSSR count). The summed E-state index contributed by atoms with van der Waals surface area (Å²) in [6.07, 6.45) is -1.40. The smallest absolute Gasteiger partial charge is 0.378 e. The van der Waals surface area contributed by atoms with Crippen LogP contribution in [0, 0.1) is 5.92 Å². The van der Waals surface area contributed by atoms with Gasteiger partial charge in [-0.15, -0.1) is 0 Å². The lowest BCUT2D eigenvalue weighted by Crippen LogP contribution is -2.35. The first-order chi connectivity index (χ1) is 7.54. The zero-order chi connectivity index (χ0) is 12.0. The van der Waals surface area contributed by atoms with Crippen LogP contribution in [0.4, 0.5) is 13.2 Å². The van der Waals surface area contributed by atoms with E-state index in [4.69, 9.17) is 15.2 Å². The Morgan fingerprint density at radius 1 is 1.38 bits per heavy atom. The van der Waals surface area contributed by atoms with Crippen molar-refractivity contribution in [3.8, 4) is 0 Å². The quantitative estimate of drug-likeness (QED) is 0.797. The summed E-state index contributed by atoms with van der Waals surface area (Å²) < 4.78 is 47.3. The fraction of sp³-hybridized carbons (Fsp3) is 1.00. The molecule has 96 valence electrons. The van der Waals surface area contributed by atoms with Crippen molar-refractivity contribution in [2.45, 2.75) is 31.5 Å². The van der Waals surface area contributed by atoms with Gasteiger partial charge in [-0.3, -0.25) is 0 Å². The minimum atomic E-state index is -4.28. The SMILES string of the molecule is NCC(COCC1CCCCO1)C(F)(F)F. The summed E-state index contributed by atoms with van der Waals surface area (Å²) in [6.45, 7) is 0.0923. The molecule has 0 spiro atoms. The Morgan fingerprint density at radius 3 is 2.62 bits per heavy atom. The van der Waals surface area contributed by atoms with Crippen molar-refractivity contribution in [2.75, 3.05) is 26.4 Å². The largest absolute Gasteiger partial charge is 0.395 e. The van der Waals surface area contributed by atoms with Gasteiger partial charge in [0.15, 0.2) is 0 Å². The molecule has 1 fully saturated rings. The molecule has 1 heterocycles. The first-order valence-electron chi connectivity index (χ1n) is 5.50. The molecule has 1 aliphatic rings. The van der Waals surface area contributed by atoms with Gasteiger partial charge in [-0.25, -0.2) is 0 Å². The number of ether oxygens (including phenoxy) is 2. The third-order valence-electron chi connectivity index (χ3n) is 2.64. The second-order valence-corrected chi connectivity index (χ2v) is 4.00. The number of hydrogen-bond donors (Lipinski definition) is 1. The fourth-order valence-electron chi connectivity index (χ4n) is 1.58. The average Bonchev–Trinajstić information content (AvgIpc) is 2.24. The normalized spacial score (nSPS) is 24.4. The second kappa shape index (κ2) is 6.42. The molecular formula is C10H18F3NO2. The predicted molar refractivity (Wildman–Crippen MR) is 53.0 cm³/mol. The van der Waals surface area contributed by atoms with Crippen LogP contribution in [0.2, 0.25) is 0 Å². The van der Waals surface area contributed by atoms with Gasteiger partial charge in [-0.2, -0.15) is 13.2 Å². The van der Waals surface area contributed by atoms with Crippen LogP contribution >= 0.6 is 0 Å². The summed E-state index contributed by atoms with van der Waals surface area (Å²) in [5.74, 6) is -1.57. The Labute approximate surface area is 93.1 Å². The van der Waals surface area contributed by atoms with Gasteiger partial charge in [0.2, 0.25) is 0 Å². The van der Waals surface area contributed by atoms with Crippen LogP contribution < -0.4 is 5.73 Å². The van der Waals surface area contributed by atoms with Crippen LogP contribution in [0.25, 0.3) is 0 Å². The minimum absolute atomic E-state index is 0.0552. The summed E-state index contributed by atoms with van der Waals surface area (Å²) in [6, 6.07) is 0. The first kappa shape index (κ1) is 13.7. The van der Waals surface area contributed by atoms with Crippen molar-refractivity contribution in [3.63, 3.8) is 0 Å². The van der Waals surface area contributed by atoms with Gasteiger partial charge >= 0.3 is 6.18 Å². The molecule has 0 saturated carbocycles. The summed E-state index contributed by atoms with van der Waals surface area (Å²) in [5.41, 5.74) is 5.05. The molecule has 0 aromatic rings. The monoisotopic (exact) mass is 241 g/mol. The number of rotatable bonds is 5. The molecule has 6 heteroatoms. The zero-order valence-corrected chi connectivity index (χ0v) is 9.13. The third-order valence-corrected chi connectivity index (χ3v) is 2.64. The minimum Gasteiger partial charge on any atom is -0.378 e. The predicted octanol–water partition coefficient (Wildman–Crippen LogP) is 1.71. The van der Waals surface area contributed by atoms with Crippen molar-refractivity contribution in [1.82, 2.24) is 0 Å². The Bertz CT molecular complexity index is 193. The van der Waals surface area contributed by atoms with Gasteiger partial charge in [-0.1, -0.05) is 0 Å². The van der Waals surface area contributed by atoms with Crippen LogP contribution in [-0.2, 0) is 9.47 Å². The van der Waals surface area contributed by atoms with Gasteiger partial charge in [0.1, 0.15) is 0 Å². The zero-order valence-electron chi connectivity index (χ0n) is 9.13. The molecule has 0 aromatic carbocycles. The van der Waals surface area contributed by atoms with E-state index in [0.717, 1.165) is 19.3 Å². The first-order valence-corrected chi connectivity index (χ1v) is 5.50. The molecule has 3 nitrogen and oxygen atoms in total. The van der Waals surface area contributed by atoms with Crippen molar-refractivity contribution in [2.24, 2.45) is 11.7 Å². The van der Waals surface area contributed by atoms with E-state index in [2.05, 4.69) is 0 Å². The summed E-state index contributed by atoms with van der Waals surface area (Å²) in [5, 5.41) is 0. The van der Waals surface area contributed by atoms with E-state index in [1.807, 2.05) is 0 Å². The maximum atomic E-state index is 12.3. The number of nitrogens with two attached hydrogens (primary N) is 1. The van der Waals surface area contributed by atoms with E-state index in [0.29, 0.717) is 6.61 Å². The number of halogens is 3. The summed E-state index contributed by atoms with van der Waals surface area (Å²) >= 11 is 0. The topological polar surface area (TPSA) is 44.5 Å². The van der Waals surface area contributed by atoms with E-state index >= 15 is 0 Å². The van der Waals surface area contributed by atoms with Crippen molar-refractivity contribution < 1.29 is 22.6 Å². The van der Waals surface area contributed by atoms with Crippen LogP contribution in [0.1, 0.15) is 19.3 Å². The van der Waals surface area contributed by atoms with Crippen molar-refractivity contribution in [1.29, 1.82) is 0 Å². The molecule has 1 saturated heterocycles. The average molecular weight is 241 g/mol. The van der Waals surface area contributed by atoms with Crippen LogP contribution in [-0.4, -0.2) is 38.6 Å². The molecule has 0 radical (unpaired) electrons. The van der Waals surface area contributed by atoms with Gasteiger partial charge in [-0.05, 0) is 19.3 Å². The van der Waals surface area contributed by atoms with Crippen molar-refractivity contribution >= 4 is 0 Å². The molecule has 1 aliphatic heterocycles. The van der Waals surface area contributed by atoms with Gasteiger partial charge in [0.25, 0.3) is 0 Å². The number of alkyl halides is 3. The highest BCUT2D eigenvalue weighted by Gasteiger charge is 2.38. The van der Waals surface area contributed by atoms with Crippen LogP contribution in [0.15, 0.2) is 0 Å². The Balaban J connectivity index is 2.17. The van der Waals surface area contributed by atoms with Gasteiger partial charge in [0.05, 0.1) is 25.2 Å². The molecule has 0 bridgehead atoms. The maximum absolute atomic E-state index is 12.3. The molecular weight excluding hydrogens is 223 g/mol. The van der Waals surface area contributed by atoms with E-state index in [-0.39, 0.29) is 19.3 Å². The van der Waals surface area contributed by atoms with Gasteiger partial charge in [0, 0.05) is 13.2 Å². The highest BCUT2D eigenvalue weighted by atomic mass is 19.4. The molecule has 2 N–H and O–H groups in total. The van der Waals surface area contributed by atoms with E-state index < -0.39 is 18.6 Å². The highest BCUT2D eigenvalue weighted by Crippen LogP contribution is 2.25. The molecule has 0 aromatic heterocycles. The lowest BCUT2D eigenvalue weighted by molar-refractivity contribution is -0.188. The van der Waals surface area contributed by atoms with E-state index in [9.17, 15) is 13.2 Å². The Morgan fingerprint density at radius 2 is 2.12 bits per heavy atom. The lowest BCUT2D eigenvalue weighted by atomic mass is 10.1. The van der Waals surface area contributed by atoms with Crippen LogP contribution in [0.3, 0.4) is 0 Å². The Hall–Kier alpha value is -0.330. The summed E-state index contributed by atoms with van der Waals surface area (Å²) in [7, 11) is 0. The maximum Gasteiger partial charge on any atom is 0.395 e. The molecule has 0 amide bonds. The molecule has 2 atom stereocenters. The van der Waals surface area contributed by atoms with E-state index in [1.54, 1.807) is 0 Å². The van der Waals surface area contributed by atoms with Crippen LogP contribution in [0.5, 0.6) is 0 Å².